The van der Waals surface area contributed by atoms with Gasteiger partial charge in [0.2, 0.25) is 0 Å². The maximum Gasteiger partial charge on any atom is 0.512 e. The first kappa shape index (κ1) is 8.09. The second kappa shape index (κ2) is 2.48. The second-order valence-electron chi connectivity index (χ2n) is 2.62. The lowest BCUT2D eigenvalue weighted by Gasteiger charge is -2.13. The molecule has 0 aliphatic heterocycles. The van der Waals surface area contributed by atoms with Crippen LogP contribution in [0.3, 0.4) is 0 Å². The number of fused-ring (bicyclic) bond motifs is 1. The molecule has 0 amide bonds. The van der Waals surface area contributed by atoms with Gasteiger partial charge in [-0.2, -0.15) is 0 Å². The van der Waals surface area contributed by atoms with Gasteiger partial charge >= 0.3 is 6.98 Å². The van der Waals surface area contributed by atoms with Gasteiger partial charge in [-0.1, -0.05) is 5.46 Å². The molecule has 0 aromatic carbocycles. The van der Waals surface area contributed by atoms with E-state index in [1.807, 2.05) is 0 Å². The summed E-state index contributed by atoms with van der Waals surface area (Å²) >= 11 is 0. The molecule has 0 fully saturated rings. The molecule has 0 N–H and O–H groups in total. The SMILES string of the molecule is F[B-](F)(F)c1cnc2cncn2c1. The van der Waals surface area contributed by atoms with Gasteiger partial charge < -0.3 is 12.9 Å². The number of aromatic nitrogens is 3. The number of halogens is 3. The summed E-state index contributed by atoms with van der Waals surface area (Å²) in [6.45, 7) is -4.98. The second-order valence-corrected chi connectivity index (χ2v) is 2.62. The summed E-state index contributed by atoms with van der Waals surface area (Å²) in [7, 11) is 0. The van der Waals surface area contributed by atoms with Crippen LogP contribution in [0.1, 0.15) is 0 Å². The summed E-state index contributed by atoms with van der Waals surface area (Å²) < 4.78 is 37.9. The van der Waals surface area contributed by atoms with Crippen molar-refractivity contribution in [3.05, 3.63) is 24.9 Å². The molecule has 2 rings (SSSR count). The van der Waals surface area contributed by atoms with Gasteiger partial charge in [0.15, 0.2) is 5.65 Å². The fourth-order valence-electron chi connectivity index (χ4n) is 1.00. The van der Waals surface area contributed by atoms with E-state index < -0.39 is 12.4 Å². The molecule has 0 saturated heterocycles. The first-order chi connectivity index (χ1) is 6.07. The molecule has 0 bridgehead atoms. The van der Waals surface area contributed by atoms with Crippen LogP contribution in [0, 0.1) is 0 Å². The summed E-state index contributed by atoms with van der Waals surface area (Å²) in [6.07, 6.45) is 4.48. The molecule has 0 unspecified atom stereocenters. The molecule has 13 heavy (non-hydrogen) atoms. The van der Waals surface area contributed by atoms with Gasteiger partial charge in [0, 0.05) is 6.20 Å². The molecule has 0 radical (unpaired) electrons. The molecule has 0 aliphatic rings. The van der Waals surface area contributed by atoms with Crippen molar-refractivity contribution in [3.63, 3.8) is 0 Å². The van der Waals surface area contributed by atoms with Gasteiger partial charge in [0.05, 0.1) is 6.20 Å². The van der Waals surface area contributed by atoms with E-state index in [9.17, 15) is 12.9 Å². The predicted molar refractivity (Wildman–Crippen MR) is 41.7 cm³/mol. The van der Waals surface area contributed by atoms with Gasteiger partial charge in [-0.05, 0) is 6.20 Å². The van der Waals surface area contributed by atoms with E-state index in [1.165, 1.54) is 16.9 Å². The van der Waals surface area contributed by atoms with Crippen molar-refractivity contribution in [1.29, 1.82) is 0 Å². The summed E-state index contributed by atoms with van der Waals surface area (Å²) in [5.41, 5.74) is -0.311. The lowest BCUT2D eigenvalue weighted by Crippen LogP contribution is -2.35. The van der Waals surface area contributed by atoms with Gasteiger partial charge in [-0.25, -0.2) is 9.97 Å². The van der Waals surface area contributed by atoms with Crippen LogP contribution in [0.2, 0.25) is 0 Å². The van der Waals surface area contributed by atoms with Crippen molar-refractivity contribution in [2.45, 2.75) is 0 Å². The molecule has 0 atom stereocenters. The molecule has 7 heteroatoms. The standard InChI is InChI=1S/C6H4BF3N3/c8-7(9,10)5-1-12-6-2-11-4-13(6)3-5/h1-4H/q-1. The Kier molecular flexibility index (Phi) is 1.54. The summed E-state index contributed by atoms with van der Waals surface area (Å²) in [5, 5.41) is 0. The molecule has 2 aromatic rings. The Labute approximate surface area is 71.3 Å². The summed E-state index contributed by atoms with van der Waals surface area (Å²) in [4.78, 5) is 7.27. The van der Waals surface area contributed by atoms with E-state index in [4.69, 9.17) is 0 Å². The highest BCUT2D eigenvalue weighted by Crippen LogP contribution is 2.08. The number of imidazole rings is 1. The fourth-order valence-corrected chi connectivity index (χ4v) is 1.00. The molecule has 0 spiro atoms. The first-order valence-corrected chi connectivity index (χ1v) is 3.55. The highest BCUT2D eigenvalue weighted by Gasteiger charge is 2.26. The van der Waals surface area contributed by atoms with Crippen LogP contribution in [0.4, 0.5) is 12.9 Å². The van der Waals surface area contributed by atoms with Crippen molar-refractivity contribution in [2.24, 2.45) is 0 Å². The fraction of sp³-hybridized carbons (Fsp3) is 0. The number of hydrogen-bond acceptors (Lipinski definition) is 2. The van der Waals surface area contributed by atoms with Gasteiger partial charge in [-0.15, -0.1) is 0 Å². The van der Waals surface area contributed by atoms with Crippen LogP contribution in [0.25, 0.3) is 5.65 Å². The van der Waals surface area contributed by atoms with E-state index in [0.717, 1.165) is 12.4 Å². The Morgan fingerprint density at radius 3 is 2.69 bits per heavy atom. The molecule has 3 nitrogen and oxygen atoms in total. The van der Waals surface area contributed by atoms with Gasteiger partial charge in [0.1, 0.15) is 6.33 Å². The monoisotopic (exact) mass is 186 g/mol. The Balaban J connectivity index is 2.61. The largest absolute Gasteiger partial charge is 0.512 e. The normalized spacial score (nSPS) is 12.2. The van der Waals surface area contributed by atoms with E-state index in [1.54, 1.807) is 0 Å². The third-order valence-electron chi connectivity index (χ3n) is 1.66. The Hall–Kier alpha value is -1.53. The molecule has 68 valence electrons. The van der Waals surface area contributed by atoms with Crippen LogP contribution >= 0.6 is 0 Å². The maximum absolute atomic E-state index is 12.2. The summed E-state index contributed by atoms with van der Waals surface area (Å²) in [6, 6.07) is 0. The zero-order valence-electron chi connectivity index (χ0n) is 6.36. The minimum absolute atomic E-state index is 0.406. The Morgan fingerprint density at radius 1 is 1.23 bits per heavy atom. The highest BCUT2D eigenvalue weighted by atomic mass is 19.4. The average Bonchev–Trinajstić information content (AvgIpc) is 2.47. The first-order valence-electron chi connectivity index (χ1n) is 3.55. The van der Waals surface area contributed by atoms with E-state index in [2.05, 4.69) is 9.97 Å². The molecule has 0 aliphatic carbocycles. The predicted octanol–water partition coefficient (Wildman–Crippen LogP) is 0.784. The van der Waals surface area contributed by atoms with Crippen LogP contribution in [0.5, 0.6) is 0 Å². The van der Waals surface area contributed by atoms with Crippen molar-refractivity contribution in [3.8, 4) is 0 Å². The topological polar surface area (TPSA) is 30.2 Å². The van der Waals surface area contributed by atoms with Crippen LogP contribution in [0.15, 0.2) is 24.9 Å². The third-order valence-corrected chi connectivity index (χ3v) is 1.66. The van der Waals surface area contributed by atoms with Crippen molar-refractivity contribution < 1.29 is 12.9 Å². The number of hydrogen-bond donors (Lipinski definition) is 0. The lowest BCUT2D eigenvalue weighted by molar-refractivity contribution is 0.500. The molecule has 2 aromatic heterocycles. The number of nitrogens with zero attached hydrogens (tertiary/aromatic N) is 3. The zero-order chi connectivity index (χ0) is 9.47. The third kappa shape index (κ3) is 1.37. The van der Waals surface area contributed by atoms with E-state index in [-0.39, 0.29) is 0 Å². The van der Waals surface area contributed by atoms with Gasteiger partial charge in [0.25, 0.3) is 0 Å². The average molecular weight is 186 g/mol. The van der Waals surface area contributed by atoms with Crippen molar-refractivity contribution in [2.75, 3.05) is 0 Å². The van der Waals surface area contributed by atoms with Crippen LogP contribution < -0.4 is 5.46 Å². The molecular weight excluding hydrogens is 182 g/mol. The minimum atomic E-state index is -4.98. The van der Waals surface area contributed by atoms with Gasteiger partial charge in [-0.3, -0.25) is 4.40 Å². The van der Waals surface area contributed by atoms with E-state index >= 15 is 0 Å². The van der Waals surface area contributed by atoms with E-state index in [0.29, 0.717) is 5.65 Å². The molecule has 0 saturated carbocycles. The van der Waals surface area contributed by atoms with Crippen molar-refractivity contribution in [1.82, 2.24) is 14.4 Å². The Bertz CT molecular complexity index is 436. The lowest BCUT2D eigenvalue weighted by atomic mass is 9.83. The molecule has 2 heterocycles. The van der Waals surface area contributed by atoms with Crippen LogP contribution in [-0.4, -0.2) is 21.3 Å². The minimum Gasteiger partial charge on any atom is -0.445 e. The smallest absolute Gasteiger partial charge is 0.445 e. The van der Waals surface area contributed by atoms with Crippen molar-refractivity contribution >= 4 is 18.1 Å². The Morgan fingerprint density at radius 2 is 2.00 bits per heavy atom. The van der Waals surface area contributed by atoms with Crippen LogP contribution in [-0.2, 0) is 0 Å². The zero-order valence-corrected chi connectivity index (χ0v) is 6.36. The summed E-state index contributed by atoms with van der Waals surface area (Å²) in [5.74, 6) is 0. The quantitative estimate of drug-likeness (QED) is 0.616. The molecular formula is C6H4BF3N3-. The number of rotatable bonds is 1. The highest BCUT2D eigenvalue weighted by molar-refractivity contribution is 6.73. The maximum atomic E-state index is 12.2.